The van der Waals surface area contributed by atoms with Crippen LogP contribution in [0.15, 0.2) is 18.2 Å². The van der Waals surface area contributed by atoms with E-state index >= 15 is 0 Å². The summed E-state index contributed by atoms with van der Waals surface area (Å²) in [7, 11) is 0. The standard InChI is InChI=1S/C23H32ClFO2/c24-21-15-20(10-11-22(21)25)19-8-6-18(7-9-19)17-4-1-16(2-5-17)3-12-23-26-13-14-27-23/h10-11,15-19,23H,1-9,12-14H2. The molecule has 1 saturated heterocycles. The summed E-state index contributed by atoms with van der Waals surface area (Å²) in [6, 6.07) is 5.28. The first kappa shape index (κ1) is 19.7. The summed E-state index contributed by atoms with van der Waals surface area (Å²) >= 11 is 5.97. The molecule has 150 valence electrons. The van der Waals surface area contributed by atoms with Gasteiger partial charge in [-0.2, -0.15) is 0 Å². The second-order valence-corrected chi connectivity index (χ2v) is 9.22. The molecule has 0 spiro atoms. The molecule has 2 saturated carbocycles. The monoisotopic (exact) mass is 394 g/mol. The minimum atomic E-state index is -0.308. The van der Waals surface area contributed by atoms with E-state index in [2.05, 4.69) is 0 Å². The third-order valence-corrected chi connectivity index (χ3v) is 7.54. The van der Waals surface area contributed by atoms with Crippen LogP contribution in [0.4, 0.5) is 4.39 Å². The highest BCUT2D eigenvalue weighted by atomic mass is 35.5. The van der Waals surface area contributed by atoms with Gasteiger partial charge in [0.15, 0.2) is 6.29 Å². The number of hydrogen-bond donors (Lipinski definition) is 0. The van der Waals surface area contributed by atoms with Gasteiger partial charge in [0.2, 0.25) is 0 Å². The lowest BCUT2D eigenvalue weighted by Crippen LogP contribution is -2.25. The van der Waals surface area contributed by atoms with Crippen molar-refractivity contribution < 1.29 is 13.9 Å². The molecule has 3 aliphatic rings. The van der Waals surface area contributed by atoms with E-state index in [0.29, 0.717) is 5.92 Å². The van der Waals surface area contributed by atoms with Crippen LogP contribution in [0.3, 0.4) is 0 Å². The highest BCUT2D eigenvalue weighted by Gasteiger charge is 2.31. The smallest absolute Gasteiger partial charge is 0.157 e. The maximum Gasteiger partial charge on any atom is 0.157 e. The molecule has 3 fully saturated rings. The second-order valence-electron chi connectivity index (χ2n) is 8.81. The Labute approximate surface area is 167 Å². The van der Waals surface area contributed by atoms with Crippen LogP contribution in [0, 0.1) is 23.6 Å². The topological polar surface area (TPSA) is 18.5 Å². The van der Waals surface area contributed by atoms with E-state index in [9.17, 15) is 4.39 Å². The highest BCUT2D eigenvalue weighted by molar-refractivity contribution is 6.30. The number of halogens is 2. The Bertz CT molecular complexity index is 600. The predicted octanol–water partition coefficient (Wildman–Crippen LogP) is 6.71. The maximum atomic E-state index is 13.4. The van der Waals surface area contributed by atoms with Crippen LogP contribution < -0.4 is 0 Å². The average Bonchev–Trinajstić information content (AvgIpc) is 3.23. The van der Waals surface area contributed by atoms with E-state index in [4.69, 9.17) is 21.1 Å². The molecule has 4 heteroatoms. The number of hydrogen-bond acceptors (Lipinski definition) is 2. The summed E-state index contributed by atoms with van der Waals surface area (Å²) in [4.78, 5) is 0. The summed E-state index contributed by atoms with van der Waals surface area (Å²) in [5, 5.41) is 0.265. The highest BCUT2D eigenvalue weighted by Crippen LogP contribution is 2.44. The summed E-state index contributed by atoms with van der Waals surface area (Å²) in [6.45, 7) is 1.54. The van der Waals surface area contributed by atoms with Crippen LogP contribution in [0.5, 0.6) is 0 Å². The fourth-order valence-corrected chi connectivity index (χ4v) is 5.77. The third kappa shape index (κ3) is 5.05. The van der Waals surface area contributed by atoms with Crippen molar-refractivity contribution in [2.45, 2.75) is 76.4 Å². The minimum Gasteiger partial charge on any atom is -0.350 e. The molecular formula is C23H32ClFO2. The summed E-state index contributed by atoms with van der Waals surface area (Å²) in [6.07, 6.45) is 13.0. The van der Waals surface area contributed by atoms with Crippen molar-refractivity contribution in [1.29, 1.82) is 0 Å². The van der Waals surface area contributed by atoms with Gasteiger partial charge >= 0.3 is 0 Å². The molecule has 0 atom stereocenters. The fraction of sp³-hybridized carbons (Fsp3) is 0.739. The van der Waals surface area contributed by atoms with Gasteiger partial charge in [0, 0.05) is 0 Å². The molecule has 0 N–H and O–H groups in total. The molecule has 0 bridgehead atoms. The number of ether oxygens (including phenoxy) is 2. The van der Waals surface area contributed by atoms with E-state index in [1.807, 2.05) is 12.1 Å². The van der Waals surface area contributed by atoms with Crippen molar-refractivity contribution >= 4 is 11.6 Å². The normalized spacial score (nSPS) is 32.7. The molecule has 0 radical (unpaired) electrons. The van der Waals surface area contributed by atoms with E-state index in [-0.39, 0.29) is 17.1 Å². The maximum absolute atomic E-state index is 13.4. The summed E-state index contributed by atoms with van der Waals surface area (Å²) < 4.78 is 24.5. The van der Waals surface area contributed by atoms with E-state index in [0.717, 1.165) is 37.4 Å². The van der Waals surface area contributed by atoms with Gasteiger partial charge in [-0.1, -0.05) is 30.5 Å². The Kier molecular flexibility index (Phi) is 6.73. The molecule has 2 nitrogen and oxygen atoms in total. The van der Waals surface area contributed by atoms with E-state index in [1.165, 1.54) is 69.4 Å². The van der Waals surface area contributed by atoms with Gasteiger partial charge in [-0.05, 0) is 92.7 Å². The third-order valence-electron chi connectivity index (χ3n) is 7.25. The van der Waals surface area contributed by atoms with Crippen molar-refractivity contribution in [2.75, 3.05) is 13.2 Å². The van der Waals surface area contributed by atoms with Crippen LogP contribution in [-0.4, -0.2) is 19.5 Å². The van der Waals surface area contributed by atoms with Crippen LogP contribution >= 0.6 is 11.6 Å². The zero-order valence-corrected chi connectivity index (χ0v) is 16.9. The molecule has 1 aromatic rings. The van der Waals surface area contributed by atoms with Crippen molar-refractivity contribution in [3.05, 3.63) is 34.6 Å². The molecule has 0 amide bonds. The van der Waals surface area contributed by atoms with E-state index in [1.54, 1.807) is 0 Å². The molecule has 1 aromatic carbocycles. The van der Waals surface area contributed by atoms with Crippen molar-refractivity contribution in [3.8, 4) is 0 Å². The predicted molar refractivity (Wildman–Crippen MR) is 106 cm³/mol. The zero-order chi connectivity index (χ0) is 18.6. The Morgan fingerprint density at radius 2 is 1.48 bits per heavy atom. The van der Waals surface area contributed by atoms with Crippen LogP contribution in [0.25, 0.3) is 0 Å². The van der Waals surface area contributed by atoms with E-state index < -0.39 is 0 Å². The largest absolute Gasteiger partial charge is 0.350 e. The SMILES string of the molecule is Fc1ccc(C2CCC(C3CCC(CCC4OCCO4)CC3)CC2)cc1Cl. The van der Waals surface area contributed by atoms with Gasteiger partial charge in [0.1, 0.15) is 5.82 Å². The van der Waals surface area contributed by atoms with Gasteiger partial charge in [0.05, 0.1) is 18.2 Å². The molecule has 1 heterocycles. The quantitative estimate of drug-likeness (QED) is 0.552. The molecule has 0 unspecified atom stereocenters. The zero-order valence-electron chi connectivity index (χ0n) is 16.2. The Morgan fingerprint density at radius 3 is 2.11 bits per heavy atom. The van der Waals surface area contributed by atoms with Crippen LogP contribution in [0.2, 0.25) is 5.02 Å². The number of rotatable bonds is 5. The molecule has 2 aliphatic carbocycles. The van der Waals surface area contributed by atoms with Gasteiger partial charge in [-0.25, -0.2) is 4.39 Å². The summed E-state index contributed by atoms with van der Waals surface area (Å²) in [5.41, 5.74) is 1.22. The van der Waals surface area contributed by atoms with Crippen LogP contribution in [0.1, 0.15) is 75.7 Å². The van der Waals surface area contributed by atoms with Crippen molar-refractivity contribution in [1.82, 2.24) is 0 Å². The van der Waals surface area contributed by atoms with Gasteiger partial charge in [0.25, 0.3) is 0 Å². The van der Waals surface area contributed by atoms with Gasteiger partial charge in [-0.15, -0.1) is 0 Å². The number of benzene rings is 1. The fourth-order valence-electron chi connectivity index (χ4n) is 5.58. The van der Waals surface area contributed by atoms with Crippen molar-refractivity contribution in [2.24, 2.45) is 17.8 Å². The summed E-state index contributed by atoms with van der Waals surface area (Å²) in [5.74, 6) is 2.92. The lowest BCUT2D eigenvalue weighted by molar-refractivity contribution is -0.0514. The van der Waals surface area contributed by atoms with Crippen molar-refractivity contribution in [3.63, 3.8) is 0 Å². The van der Waals surface area contributed by atoms with Gasteiger partial charge in [-0.3, -0.25) is 0 Å². The second kappa shape index (κ2) is 9.24. The molecular weight excluding hydrogens is 363 g/mol. The Hall–Kier alpha value is -0.640. The average molecular weight is 395 g/mol. The first-order chi connectivity index (χ1) is 13.2. The lowest BCUT2D eigenvalue weighted by atomic mass is 9.68. The molecule has 1 aliphatic heterocycles. The lowest BCUT2D eigenvalue weighted by Gasteiger charge is -2.38. The molecule has 4 rings (SSSR count). The minimum absolute atomic E-state index is 0.0676. The van der Waals surface area contributed by atoms with Gasteiger partial charge < -0.3 is 9.47 Å². The molecule has 0 aromatic heterocycles. The molecule has 27 heavy (non-hydrogen) atoms. The first-order valence-electron chi connectivity index (χ1n) is 10.9. The van der Waals surface area contributed by atoms with Crippen LogP contribution in [-0.2, 0) is 9.47 Å². The Balaban J connectivity index is 1.19. The first-order valence-corrected chi connectivity index (χ1v) is 11.2. The Morgan fingerprint density at radius 1 is 0.852 bits per heavy atom.